The van der Waals surface area contributed by atoms with E-state index in [2.05, 4.69) is 19.9 Å². The van der Waals surface area contributed by atoms with Crippen LogP contribution in [0.3, 0.4) is 0 Å². The highest BCUT2D eigenvalue weighted by Crippen LogP contribution is 2.27. The van der Waals surface area contributed by atoms with E-state index in [4.69, 9.17) is 5.73 Å². The molecule has 1 aliphatic heterocycles. The average Bonchev–Trinajstić information content (AvgIpc) is 3.16. The third-order valence-electron chi connectivity index (χ3n) is 3.98. The Hall–Kier alpha value is -2.83. The molecule has 0 aromatic carbocycles. The molecule has 0 saturated carbocycles. The van der Waals surface area contributed by atoms with Gasteiger partial charge in [0.2, 0.25) is 0 Å². The number of nitrogen functional groups attached to an aromatic ring is 1. The van der Waals surface area contributed by atoms with E-state index in [1.54, 1.807) is 18.3 Å². The van der Waals surface area contributed by atoms with Gasteiger partial charge in [0.1, 0.15) is 17.2 Å². The zero-order valence-corrected chi connectivity index (χ0v) is 12.0. The normalized spacial score (nSPS) is 14.8. The molecule has 0 radical (unpaired) electrons. The number of nitrogens with zero attached hydrogens (tertiary/aromatic N) is 5. The van der Waals surface area contributed by atoms with E-state index in [0.717, 1.165) is 23.6 Å². The van der Waals surface area contributed by atoms with Crippen molar-refractivity contribution in [1.29, 1.82) is 0 Å². The van der Waals surface area contributed by atoms with Crippen LogP contribution < -0.4 is 10.6 Å². The zero-order chi connectivity index (χ0) is 15.1. The van der Waals surface area contributed by atoms with Gasteiger partial charge in [0.05, 0.1) is 5.56 Å². The maximum Gasteiger partial charge on any atom is 0.198 e. The standard InChI is InChI=1S/C15H16N6O/c16-13-10(4-3-7-17-13)14-18-11-5-6-12(19-15(11)21(14)22)20-8-1-2-9-20/h3-7,22H,1-2,8-9H2,(H2,16,17). The molecule has 0 bridgehead atoms. The Labute approximate surface area is 127 Å². The van der Waals surface area contributed by atoms with Crippen LogP contribution in [0.5, 0.6) is 0 Å². The highest BCUT2D eigenvalue weighted by Gasteiger charge is 2.19. The van der Waals surface area contributed by atoms with Gasteiger partial charge in [-0.2, -0.15) is 0 Å². The fourth-order valence-electron chi connectivity index (χ4n) is 2.84. The highest BCUT2D eigenvalue weighted by molar-refractivity contribution is 5.80. The summed E-state index contributed by atoms with van der Waals surface area (Å²) in [5.74, 6) is 1.55. The van der Waals surface area contributed by atoms with Crippen LogP contribution in [-0.4, -0.2) is 38.0 Å². The van der Waals surface area contributed by atoms with Crippen molar-refractivity contribution < 1.29 is 5.21 Å². The van der Waals surface area contributed by atoms with E-state index in [-0.39, 0.29) is 0 Å². The summed E-state index contributed by atoms with van der Waals surface area (Å²) >= 11 is 0. The summed E-state index contributed by atoms with van der Waals surface area (Å²) in [7, 11) is 0. The van der Waals surface area contributed by atoms with Gasteiger partial charge in [-0.25, -0.2) is 15.0 Å². The van der Waals surface area contributed by atoms with Gasteiger partial charge in [0.25, 0.3) is 0 Å². The van der Waals surface area contributed by atoms with Gasteiger partial charge in [-0.1, -0.05) is 0 Å². The van der Waals surface area contributed by atoms with Gasteiger partial charge >= 0.3 is 0 Å². The maximum atomic E-state index is 10.4. The fraction of sp³-hybridized carbons (Fsp3) is 0.267. The first-order valence-corrected chi connectivity index (χ1v) is 7.28. The molecule has 7 heteroatoms. The molecule has 3 N–H and O–H groups in total. The minimum Gasteiger partial charge on any atom is -0.425 e. The number of fused-ring (bicyclic) bond motifs is 1. The molecular formula is C15H16N6O. The Bertz CT molecular complexity index is 837. The Kier molecular flexibility index (Phi) is 2.85. The van der Waals surface area contributed by atoms with Crippen LogP contribution in [0.2, 0.25) is 0 Å². The van der Waals surface area contributed by atoms with Crippen LogP contribution >= 0.6 is 0 Å². The molecule has 3 aromatic heterocycles. The first-order valence-electron chi connectivity index (χ1n) is 7.28. The van der Waals surface area contributed by atoms with Crippen molar-refractivity contribution in [2.24, 2.45) is 0 Å². The first kappa shape index (κ1) is 12.9. The van der Waals surface area contributed by atoms with Crippen molar-refractivity contribution in [2.75, 3.05) is 23.7 Å². The number of pyridine rings is 2. The number of anilines is 2. The Morgan fingerprint density at radius 2 is 1.91 bits per heavy atom. The molecule has 4 heterocycles. The lowest BCUT2D eigenvalue weighted by atomic mass is 10.2. The maximum absolute atomic E-state index is 10.4. The van der Waals surface area contributed by atoms with Gasteiger partial charge < -0.3 is 15.8 Å². The Balaban J connectivity index is 1.85. The van der Waals surface area contributed by atoms with Crippen molar-refractivity contribution >= 4 is 22.8 Å². The first-order chi connectivity index (χ1) is 10.7. The van der Waals surface area contributed by atoms with Gasteiger partial charge in [-0.05, 0) is 37.1 Å². The minimum atomic E-state index is 0.327. The van der Waals surface area contributed by atoms with Crippen molar-refractivity contribution in [3.05, 3.63) is 30.5 Å². The van der Waals surface area contributed by atoms with Gasteiger partial charge in [-0.3, -0.25) is 0 Å². The average molecular weight is 296 g/mol. The molecule has 7 nitrogen and oxygen atoms in total. The zero-order valence-electron chi connectivity index (χ0n) is 12.0. The summed E-state index contributed by atoms with van der Waals surface area (Å²) in [5.41, 5.74) is 7.52. The van der Waals surface area contributed by atoms with E-state index in [9.17, 15) is 5.21 Å². The summed E-state index contributed by atoms with van der Waals surface area (Å²) in [5, 5.41) is 10.4. The summed E-state index contributed by atoms with van der Waals surface area (Å²) in [6.07, 6.45) is 3.96. The number of imidazole rings is 1. The van der Waals surface area contributed by atoms with E-state index in [0.29, 0.717) is 28.4 Å². The van der Waals surface area contributed by atoms with Crippen molar-refractivity contribution in [3.63, 3.8) is 0 Å². The van der Waals surface area contributed by atoms with Gasteiger partial charge in [0, 0.05) is 19.3 Å². The number of rotatable bonds is 2. The van der Waals surface area contributed by atoms with Crippen LogP contribution in [0.25, 0.3) is 22.6 Å². The van der Waals surface area contributed by atoms with Gasteiger partial charge in [0.15, 0.2) is 11.5 Å². The monoisotopic (exact) mass is 296 g/mol. The summed E-state index contributed by atoms with van der Waals surface area (Å²) in [6.45, 7) is 2.00. The molecule has 0 atom stereocenters. The Morgan fingerprint density at radius 3 is 2.68 bits per heavy atom. The lowest BCUT2D eigenvalue weighted by Gasteiger charge is -2.15. The largest absolute Gasteiger partial charge is 0.425 e. The summed E-state index contributed by atoms with van der Waals surface area (Å²) in [6, 6.07) is 7.35. The molecule has 0 amide bonds. The van der Waals surface area contributed by atoms with E-state index < -0.39 is 0 Å². The summed E-state index contributed by atoms with van der Waals surface area (Å²) < 4.78 is 0.988. The topological polar surface area (TPSA) is 93.1 Å². The predicted molar refractivity (Wildman–Crippen MR) is 83.8 cm³/mol. The number of aromatic nitrogens is 4. The second kappa shape index (κ2) is 4.87. The number of hydrogen-bond acceptors (Lipinski definition) is 6. The second-order valence-electron chi connectivity index (χ2n) is 5.39. The smallest absolute Gasteiger partial charge is 0.198 e. The number of nitrogens with two attached hydrogens (primary N) is 1. The lowest BCUT2D eigenvalue weighted by Crippen LogP contribution is -2.18. The number of hydrogen-bond donors (Lipinski definition) is 2. The molecule has 4 rings (SSSR count). The van der Waals surface area contributed by atoms with Crippen molar-refractivity contribution in [3.8, 4) is 11.4 Å². The third-order valence-corrected chi connectivity index (χ3v) is 3.98. The third kappa shape index (κ3) is 1.93. The van der Waals surface area contributed by atoms with Crippen molar-refractivity contribution in [2.45, 2.75) is 12.8 Å². The molecule has 0 spiro atoms. The molecular weight excluding hydrogens is 280 g/mol. The minimum absolute atomic E-state index is 0.327. The predicted octanol–water partition coefficient (Wildman–Crippen LogP) is 1.91. The fourth-order valence-corrected chi connectivity index (χ4v) is 2.84. The van der Waals surface area contributed by atoms with E-state index >= 15 is 0 Å². The van der Waals surface area contributed by atoms with Crippen LogP contribution in [0, 0.1) is 0 Å². The van der Waals surface area contributed by atoms with Crippen LogP contribution in [-0.2, 0) is 0 Å². The Morgan fingerprint density at radius 1 is 1.09 bits per heavy atom. The van der Waals surface area contributed by atoms with Crippen LogP contribution in [0.1, 0.15) is 12.8 Å². The van der Waals surface area contributed by atoms with Crippen molar-refractivity contribution in [1.82, 2.24) is 19.7 Å². The lowest BCUT2D eigenvalue weighted by molar-refractivity contribution is 0.201. The molecule has 112 valence electrons. The molecule has 0 unspecified atom stereocenters. The highest BCUT2D eigenvalue weighted by atomic mass is 16.5. The van der Waals surface area contributed by atoms with Crippen LogP contribution in [0.15, 0.2) is 30.5 Å². The quantitative estimate of drug-likeness (QED) is 0.702. The molecule has 1 fully saturated rings. The second-order valence-corrected chi connectivity index (χ2v) is 5.39. The molecule has 0 aliphatic carbocycles. The van der Waals surface area contributed by atoms with Crippen LogP contribution in [0.4, 0.5) is 11.6 Å². The van der Waals surface area contributed by atoms with Gasteiger partial charge in [-0.15, -0.1) is 4.73 Å². The molecule has 22 heavy (non-hydrogen) atoms. The molecule has 1 aliphatic rings. The van der Waals surface area contributed by atoms with E-state index in [1.807, 2.05) is 12.1 Å². The SMILES string of the molecule is Nc1ncccc1-c1nc2ccc(N3CCCC3)nc2n1O. The van der Waals surface area contributed by atoms with E-state index in [1.165, 1.54) is 12.8 Å². The summed E-state index contributed by atoms with van der Waals surface area (Å²) in [4.78, 5) is 15.2. The molecule has 1 saturated heterocycles. The molecule has 3 aromatic rings.